The summed E-state index contributed by atoms with van der Waals surface area (Å²) in [6.07, 6.45) is 22.0. The largest absolute Gasteiger partial charge is 0.381 e. The first kappa shape index (κ1) is 56.4. The molecule has 1 fully saturated rings. The van der Waals surface area contributed by atoms with E-state index in [0.29, 0.717) is 0 Å². The molecule has 0 atom stereocenters. The highest BCUT2D eigenvalue weighted by molar-refractivity contribution is 9.10. The van der Waals surface area contributed by atoms with Gasteiger partial charge in [0.15, 0.2) is 0 Å². The van der Waals surface area contributed by atoms with Crippen LogP contribution >= 0.6 is 31.9 Å². The molecule has 1 saturated heterocycles. The van der Waals surface area contributed by atoms with Gasteiger partial charge in [0.25, 0.3) is 0 Å². The van der Waals surface area contributed by atoms with Crippen LogP contribution in [0.3, 0.4) is 0 Å². The third kappa shape index (κ3) is 12.9. The van der Waals surface area contributed by atoms with Gasteiger partial charge < -0.3 is 4.74 Å². The first-order valence-corrected chi connectivity index (χ1v) is 31.8. The summed E-state index contributed by atoms with van der Waals surface area (Å²) >= 11 is 7.33. The molecule has 0 amide bonds. The lowest BCUT2D eigenvalue weighted by Crippen LogP contribution is -2.25. The molecule has 10 aromatic rings. The Morgan fingerprint density at radius 1 is 0.383 bits per heavy atom. The van der Waals surface area contributed by atoms with Crippen molar-refractivity contribution in [3.63, 3.8) is 0 Å². The fourth-order valence-electron chi connectivity index (χ4n) is 12.9. The van der Waals surface area contributed by atoms with E-state index in [1.807, 2.05) is 0 Å². The van der Waals surface area contributed by atoms with Gasteiger partial charge in [-0.25, -0.2) is 9.97 Å². The monoisotopic (exact) mass is 1190 g/mol. The molecule has 2 aliphatic carbocycles. The molecule has 5 heteroatoms. The molecule has 0 saturated carbocycles. The third-order valence-corrected chi connectivity index (χ3v) is 18.1. The molecule has 3 nitrogen and oxygen atoms in total. The molecule has 410 valence electrons. The smallest absolute Gasteiger partial charge is 0.0716 e. The van der Waals surface area contributed by atoms with Crippen LogP contribution in [0.5, 0.6) is 0 Å². The highest BCUT2D eigenvalue weighted by Crippen LogP contribution is 2.55. The number of ether oxygens (including phenoxy) is 1. The number of halogens is 2. The van der Waals surface area contributed by atoms with Crippen LogP contribution in [0.1, 0.15) is 139 Å². The Labute approximate surface area is 499 Å². The number of hydrogen-bond donors (Lipinski definition) is 0. The average molecular weight is 1190 g/mol. The van der Waals surface area contributed by atoms with Crippen LogP contribution in [0.4, 0.5) is 0 Å². The molecule has 0 spiro atoms. The Balaban J connectivity index is 0.000000168. The standard InChI is InChI=1S/C44H50BrN.C28H18BrN.C4H8O/c1-3-5-7-9-11-18-28-44(29-19-12-10-8-6-4-2)40-23-17-16-22-36(40)37-26-24-34(30-41(37)44)43-32-38(33-20-14-13-15-21-33)39-31-35(45)25-27-42(39)46-43;29-22-11-13-27-26(16-22)25(18-6-2-1-3-7-18)17-28(30-27)20-10-12-24-21(15-20)14-19-8-4-5-9-23(19)24;1-2-4-5-3-1/h13-17,20-27,30-32H,3-12,18-19,28-29H2,1-2H3;1-13,15-17H,14H2;1-4H2. The summed E-state index contributed by atoms with van der Waals surface area (Å²) in [6, 6.07) is 70.8. The van der Waals surface area contributed by atoms with Gasteiger partial charge in [-0.1, -0.05) is 256 Å². The third-order valence-electron chi connectivity index (χ3n) is 17.1. The Kier molecular flexibility index (Phi) is 18.8. The number of unbranched alkanes of at least 4 members (excludes halogenated alkanes) is 10. The van der Waals surface area contributed by atoms with Crippen LogP contribution in [-0.4, -0.2) is 23.2 Å². The Hall–Kier alpha value is -6.50. The Morgan fingerprint density at radius 3 is 1.41 bits per heavy atom. The molecule has 3 heterocycles. The number of hydrogen-bond acceptors (Lipinski definition) is 3. The first-order valence-electron chi connectivity index (χ1n) is 30.3. The highest BCUT2D eigenvalue weighted by Gasteiger charge is 2.42. The summed E-state index contributed by atoms with van der Waals surface area (Å²) in [5.41, 5.74) is 22.9. The van der Waals surface area contributed by atoms with E-state index in [1.165, 1.54) is 180 Å². The fourth-order valence-corrected chi connectivity index (χ4v) is 13.6. The molecule has 8 aromatic carbocycles. The quantitative estimate of drug-likeness (QED) is 0.0803. The highest BCUT2D eigenvalue weighted by atomic mass is 79.9. The molecular formula is C76H76Br2N2O. The number of fused-ring (bicyclic) bond motifs is 8. The molecule has 0 unspecified atom stereocenters. The van der Waals surface area contributed by atoms with Gasteiger partial charge in [-0.15, -0.1) is 0 Å². The molecule has 1 aliphatic heterocycles. The zero-order valence-electron chi connectivity index (χ0n) is 47.5. The van der Waals surface area contributed by atoms with Gasteiger partial charge in [0.1, 0.15) is 0 Å². The maximum atomic E-state index is 5.28. The van der Waals surface area contributed by atoms with Crippen molar-refractivity contribution in [1.82, 2.24) is 9.97 Å². The van der Waals surface area contributed by atoms with E-state index in [1.54, 1.807) is 5.56 Å². The van der Waals surface area contributed by atoms with Gasteiger partial charge in [0, 0.05) is 49.5 Å². The van der Waals surface area contributed by atoms with Gasteiger partial charge in [-0.3, -0.25) is 0 Å². The van der Waals surface area contributed by atoms with Crippen molar-refractivity contribution in [3.8, 4) is 67.0 Å². The predicted molar refractivity (Wildman–Crippen MR) is 351 cm³/mol. The lowest BCUT2D eigenvalue weighted by molar-refractivity contribution is 0.198. The van der Waals surface area contributed by atoms with E-state index in [0.717, 1.165) is 56.4 Å². The van der Waals surface area contributed by atoms with Crippen LogP contribution in [0.15, 0.2) is 203 Å². The number of benzene rings is 8. The lowest BCUT2D eigenvalue weighted by Gasteiger charge is -2.33. The van der Waals surface area contributed by atoms with E-state index in [2.05, 4.69) is 240 Å². The zero-order valence-corrected chi connectivity index (χ0v) is 50.6. The lowest BCUT2D eigenvalue weighted by atomic mass is 9.70. The molecular weight excluding hydrogens is 1120 g/mol. The van der Waals surface area contributed by atoms with Gasteiger partial charge >= 0.3 is 0 Å². The molecule has 13 rings (SSSR count). The van der Waals surface area contributed by atoms with Crippen molar-refractivity contribution in [2.45, 2.75) is 128 Å². The Bertz CT molecular complexity index is 3710. The summed E-state index contributed by atoms with van der Waals surface area (Å²) < 4.78 is 7.09. The van der Waals surface area contributed by atoms with Crippen molar-refractivity contribution in [2.75, 3.05) is 13.2 Å². The van der Waals surface area contributed by atoms with Crippen LogP contribution in [0, 0.1) is 0 Å². The predicted octanol–water partition coefficient (Wildman–Crippen LogP) is 22.8. The molecule has 3 aliphatic rings. The second kappa shape index (κ2) is 27.1. The summed E-state index contributed by atoms with van der Waals surface area (Å²) in [6.45, 7) is 6.62. The molecule has 0 N–H and O–H groups in total. The van der Waals surface area contributed by atoms with E-state index < -0.39 is 0 Å². The summed E-state index contributed by atoms with van der Waals surface area (Å²) in [5.74, 6) is 0. The summed E-state index contributed by atoms with van der Waals surface area (Å²) in [5, 5.41) is 2.34. The van der Waals surface area contributed by atoms with Gasteiger partial charge in [0.2, 0.25) is 0 Å². The Morgan fingerprint density at radius 2 is 0.852 bits per heavy atom. The van der Waals surface area contributed by atoms with E-state index in [4.69, 9.17) is 14.7 Å². The summed E-state index contributed by atoms with van der Waals surface area (Å²) in [7, 11) is 0. The number of rotatable bonds is 18. The van der Waals surface area contributed by atoms with Crippen molar-refractivity contribution < 1.29 is 4.74 Å². The van der Waals surface area contributed by atoms with Crippen LogP contribution in [0.25, 0.3) is 88.8 Å². The van der Waals surface area contributed by atoms with Crippen LogP contribution in [0.2, 0.25) is 0 Å². The van der Waals surface area contributed by atoms with Gasteiger partial charge in [-0.05, 0) is 160 Å². The second-order valence-electron chi connectivity index (χ2n) is 22.6. The van der Waals surface area contributed by atoms with Crippen LogP contribution in [-0.2, 0) is 16.6 Å². The maximum absolute atomic E-state index is 5.28. The van der Waals surface area contributed by atoms with Crippen molar-refractivity contribution in [3.05, 3.63) is 225 Å². The second-order valence-corrected chi connectivity index (χ2v) is 24.4. The SMILES string of the molecule is Brc1ccc2nc(-c3ccc4c(c3)Cc3ccccc3-4)cc(-c3ccccc3)c2c1.C1CCOC1.CCCCCCCCC1(CCCCCCCC)c2ccccc2-c2ccc(-c3cc(-c4ccccc4)c4cc(Br)ccc4n3)cc21. The number of pyridine rings is 2. The maximum Gasteiger partial charge on any atom is 0.0716 e. The molecule has 0 bridgehead atoms. The minimum absolute atomic E-state index is 0.0709. The average Bonchev–Trinajstić information content (AvgIpc) is 4.37. The topological polar surface area (TPSA) is 35.0 Å². The van der Waals surface area contributed by atoms with E-state index in [9.17, 15) is 0 Å². The molecule has 0 radical (unpaired) electrons. The van der Waals surface area contributed by atoms with Crippen molar-refractivity contribution >= 4 is 53.7 Å². The van der Waals surface area contributed by atoms with Crippen LogP contribution < -0.4 is 0 Å². The number of aromatic nitrogens is 2. The summed E-state index contributed by atoms with van der Waals surface area (Å²) in [4.78, 5) is 10.3. The molecule has 81 heavy (non-hydrogen) atoms. The van der Waals surface area contributed by atoms with E-state index >= 15 is 0 Å². The molecule has 2 aromatic heterocycles. The fraction of sp³-hybridized carbons (Fsp3) is 0.289. The minimum atomic E-state index is 0.0709. The van der Waals surface area contributed by atoms with Crippen molar-refractivity contribution in [1.29, 1.82) is 0 Å². The zero-order chi connectivity index (χ0) is 55.4. The van der Waals surface area contributed by atoms with E-state index in [-0.39, 0.29) is 5.41 Å². The first-order chi connectivity index (χ1) is 39.9. The van der Waals surface area contributed by atoms with Crippen molar-refractivity contribution in [2.24, 2.45) is 0 Å². The van der Waals surface area contributed by atoms with Gasteiger partial charge in [-0.2, -0.15) is 0 Å². The number of nitrogens with zero attached hydrogens (tertiary/aromatic N) is 2. The normalized spacial score (nSPS) is 13.4. The van der Waals surface area contributed by atoms with Gasteiger partial charge in [0.05, 0.1) is 22.4 Å². The minimum Gasteiger partial charge on any atom is -0.381 e.